The van der Waals surface area contributed by atoms with Crippen LogP contribution in [0.15, 0.2) is 78.9 Å². The van der Waals surface area contributed by atoms with Crippen LogP contribution in [0, 0.1) is 0 Å². The van der Waals surface area contributed by atoms with Crippen molar-refractivity contribution in [2.24, 2.45) is 0 Å². The van der Waals surface area contributed by atoms with Crippen molar-refractivity contribution in [3.63, 3.8) is 0 Å². The van der Waals surface area contributed by atoms with E-state index in [0.29, 0.717) is 6.42 Å². The van der Waals surface area contributed by atoms with Crippen molar-refractivity contribution in [2.45, 2.75) is 19.4 Å². The molecule has 0 saturated carbocycles. The molecule has 0 atom stereocenters. The van der Waals surface area contributed by atoms with E-state index in [9.17, 15) is 4.79 Å². The highest BCUT2D eigenvalue weighted by atomic mass is 16.4. The molecule has 25 heavy (non-hydrogen) atoms. The highest BCUT2D eigenvalue weighted by Crippen LogP contribution is 2.20. The number of hydrogen-bond donors (Lipinski definition) is 2. The zero-order valence-electron chi connectivity index (χ0n) is 14.0. The van der Waals surface area contributed by atoms with Crippen LogP contribution >= 0.6 is 0 Å². The predicted molar refractivity (Wildman–Crippen MR) is 102 cm³/mol. The van der Waals surface area contributed by atoms with Crippen molar-refractivity contribution in [1.82, 2.24) is 0 Å². The molecule has 3 aromatic rings. The smallest absolute Gasteiger partial charge is 0.303 e. The summed E-state index contributed by atoms with van der Waals surface area (Å²) in [7, 11) is 0. The van der Waals surface area contributed by atoms with Crippen molar-refractivity contribution in [1.29, 1.82) is 0 Å². The van der Waals surface area contributed by atoms with Crippen molar-refractivity contribution in [2.75, 3.05) is 5.32 Å². The number of rotatable bonds is 7. The van der Waals surface area contributed by atoms with E-state index in [0.717, 1.165) is 17.8 Å². The van der Waals surface area contributed by atoms with E-state index in [1.165, 1.54) is 16.7 Å². The van der Waals surface area contributed by atoms with Gasteiger partial charge in [-0.05, 0) is 46.9 Å². The van der Waals surface area contributed by atoms with Crippen LogP contribution in [0.3, 0.4) is 0 Å². The van der Waals surface area contributed by atoms with Gasteiger partial charge in [0, 0.05) is 18.7 Å². The van der Waals surface area contributed by atoms with Crippen molar-refractivity contribution < 1.29 is 9.90 Å². The summed E-state index contributed by atoms with van der Waals surface area (Å²) in [5.41, 5.74) is 5.72. The fourth-order valence-corrected chi connectivity index (χ4v) is 2.74. The number of carboxylic acid groups (broad SMARTS) is 1. The number of anilines is 1. The highest BCUT2D eigenvalue weighted by Gasteiger charge is 2.01. The molecule has 0 fully saturated rings. The Morgan fingerprint density at radius 3 is 2.24 bits per heavy atom. The first-order valence-electron chi connectivity index (χ1n) is 8.40. The Hall–Kier alpha value is -3.07. The van der Waals surface area contributed by atoms with E-state index < -0.39 is 5.97 Å². The average molecular weight is 331 g/mol. The van der Waals surface area contributed by atoms with Gasteiger partial charge in [0.1, 0.15) is 0 Å². The molecule has 3 heteroatoms. The monoisotopic (exact) mass is 331 g/mol. The minimum atomic E-state index is -0.763. The van der Waals surface area contributed by atoms with Gasteiger partial charge in [0.15, 0.2) is 0 Å². The van der Waals surface area contributed by atoms with E-state index in [4.69, 9.17) is 5.11 Å². The lowest BCUT2D eigenvalue weighted by molar-refractivity contribution is -0.136. The topological polar surface area (TPSA) is 49.3 Å². The van der Waals surface area contributed by atoms with Crippen LogP contribution in [-0.4, -0.2) is 11.1 Å². The minimum absolute atomic E-state index is 0.166. The van der Waals surface area contributed by atoms with Gasteiger partial charge >= 0.3 is 5.97 Å². The van der Waals surface area contributed by atoms with Gasteiger partial charge in [-0.15, -0.1) is 0 Å². The second kappa shape index (κ2) is 8.15. The first-order chi connectivity index (χ1) is 12.2. The van der Waals surface area contributed by atoms with Crippen LogP contribution in [0.5, 0.6) is 0 Å². The molecule has 3 rings (SSSR count). The van der Waals surface area contributed by atoms with Crippen molar-refractivity contribution >= 4 is 11.7 Å². The molecule has 0 unspecified atom stereocenters. The molecule has 3 nitrogen and oxygen atoms in total. The van der Waals surface area contributed by atoms with Gasteiger partial charge in [-0.3, -0.25) is 4.79 Å². The third-order valence-corrected chi connectivity index (χ3v) is 4.11. The minimum Gasteiger partial charge on any atom is -0.481 e. The molecule has 0 amide bonds. The van der Waals surface area contributed by atoms with Crippen LogP contribution in [0.4, 0.5) is 5.69 Å². The van der Waals surface area contributed by atoms with Gasteiger partial charge in [-0.25, -0.2) is 0 Å². The fourth-order valence-electron chi connectivity index (χ4n) is 2.74. The van der Waals surface area contributed by atoms with Gasteiger partial charge in [0.2, 0.25) is 0 Å². The maximum Gasteiger partial charge on any atom is 0.303 e. The summed E-state index contributed by atoms with van der Waals surface area (Å²) in [5, 5.41) is 12.1. The Labute approximate surface area is 148 Å². The Kier molecular flexibility index (Phi) is 5.47. The first-order valence-corrected chi connectivity index (χ1v) is 8.40. The quantitative estimate of drug-likeness (QED) is 0.642. The first kappa shape index (κ1) is 16.8. The SMILES string of the molecule is O=C(O)CCc1ccc(NCc2cccc(-c3ccccc3)c2)cc1. The summed E-state index contributed by atoms with van der Waals surface area (Å²) >= 11 is 0. The highest BCUT2D eigenvalue weighted by molar-refractivity contribution is 5.67. The van der Waals surface area contributed by atoms with Crippen LogP contribution < -0.4 is 5.32 Å². The van der Waals surface area contributed by atoms with Crippen LogP contribution in [0.2, 0.25) is 0 Å². The Bertz CT molecular complexity index is 826. The fraction of sp³-hybridized carbons (Fsp3) is 0.136. The number of aliphatic carboxylic acids is 1. The molecule has 0 aliphatic heterocycles. The molecule has 0 aliphatic carbocycles. The van der Waals surface area contributed by atoms with Gasteiger partial charge in [-0.1, -0.05) is 60.7 Å². The summed E-state index contributed by atoms with van der Waals surface area (Å²) in [6.07, 6.45) is 0.730. The standard InChI is InChI=1S/C22H21NO2/c24-22(25)14-11-17-9-12-21(13-10-17)23-16-18-5-4-8-20(15-18)19-6-2-1-3-7-19/h1-10,12-13,15,23H,11,14,16H2,(H,24,25). The summed E-state index contributed by atoms with van der Waals surface area (Å²) < 4.78 is 0. The molecule has 0 bridgehead atoms. The third-order valence-electron chi connectivity index (χ3n) is 4.11. The lowest BCUT2D eigenvalue weighted by Crippen LogP contribution is -2.00. The molecule has 3 aromatic carbocycles. The molecule has 0 saturated heterocycles. The van der Waals surface area contributed by atoms with Crippen LogP contribution in [0.25, 0.3) is 11.1 Å². The molecule has 0 aromatic heterocycles. The lowest BCUT2D eigenvalue weighted by atomic mass is 10.0. The Morgan fingerprint density at radius 2 is 1.52 bits per heavy atom. The second-order valence-electron chi connectivity index (χ2n) is 6.01. The normalized spacial score (nSPS) is 10.4. The number of hydrogen-bond acceptors (Lipinski definition) is 2. The number of nitrogens with one attached hydrogen (secondary N) is 1. The Balaban J connectivity index is 1.61. The lowest BCUT2D eigenvalue weighted by Gasteiger charge is -2.09. The van der Waals surface area contributed by atoms with E-state index in [1.807, 2.05) is 42.5 Å². The zero-order chi connectivity index (χ0) is 17.5. The van der Waals surface area contributed by atoms with Crippen LogP contribution in [-0.2, 0) is 17.8 Å². The molecule has 0 radical (unpaired) electrons. The average Bonchev–Trinajstić information content (AvgIpc) is 2.66. The van der Waals surface area contributed by atoms with Crippen molar-refractivity contribution in [3.8, 4) is 11.1 Å². The molecule has 0 heterocycles. The molecule has 0 aliphatic rings. The molecular formula is C22H21NO2. The van der Waals surface area contributed by atoms with E-state index in [-0.39, 0.29) is 6.42 Å². The van der Waals surface area contributed by atoms with Gasteiger partial charge in [-0.2, -0.15) is 0 Å². The molecule has 0 spiro atoms. The molecular weight excluding hydrogens is 310 g/mol. The number of carboxylic acids is 1. The molecule has 2 N–H and O–H groups in total. The number of benzene rings is 3. The summed E-state index contributed by atoms with van der Waals surface area (Å²) in [5.74, 6) is -0.763. The van der Waals surface area contributed by atoms with Crippen molar-refractivity contribution in [3.05, 3.63) is 90.0 Å². The summed E-state index contributed by atoms with van der Waals surface area (Å²) in [6, 6.07) is 26.8. The number of aryl methyl sites for hydroxylation is 1. The maximum atomic E-state index is 10.6. The van der Waals surface area contributed by atoms with Crippen LogP contribution in [0.1, 0.15) is 17.5 Å². The van der Waals surface area contributed by atoms with Gasteiger partial charge in [0.25, 0.3) is 0 Å². The Morgan fingerprint density at radius 1 is 0.800 bits per heavy atom. The third kappa shape index (κ3) is 4.95. The second-order valence-corrected chi connectivity index (χ2v) is 6.01. The number of carbonyl (C=O) groups is 1. The van der Waals surface area contributed by atoms with E-state index >= 15 is 0 Å². The predicted octanol–water partition coefficient (Wildman–Crippen LogP) is 4.98. The van der Waals surface area contributed by atoms with Gasteiger partial charge in [0.05, 0.1) is 0 Å². The van der Waals surface area contributed by atoms with E-state index in [2.05, 4.69) is 41.7 Å². The van der Waals surface area contributed by atoms with E-state index in [1.54, 1.807) is 0 Å². The zero-order valence-corrected chi connectivity index (χ0v) is 14.0. The summed E-state index contributed by atoms with van der Waals surface area (Å²) in [6.45, 7) is 0.745. The maximum absolute atomic E-state index is 10.6. The molecule has 126 valence electrons. The largest absolute Gasteiger partial charge is 0.481 e. The van der Waals surface area contributed by atoms with Gasteiger partial charge < -0.3 is 10.4 Å². The summed E-state index contributed by atoms with van der Waals surface area (Å²) in [4.78, 5) is 10.6.